The van der Waals surface area contributed by atoms with Gasteiger partial charge in [-0.25, -0.2) is 4.79 Å². The first-order valence-corrected chi connectivity index (χ1v) is 8.28. The third kappa shape index (κ3) is 3.32. The van der Waals surface area contributed by atoms with Crippen LogP contribution in [0.15, 0.2) is 48.5 Å². The smallest absolute Gasteiger partial charge is 0.339 e. The van der Waals surface area contributed by atoms with Gasteiger partial charge < -0.3 is 10.1 Å². The van der Waals surface area contributed by atoms with E-state index in [0.717, 1.165) is 17.5 Å². The summed E-state index contributed by atoms with van der Waals surface area (Å²) in [5.74, 6) is -0.443. The zero-order chi connectivity index (χ0) is 17.1. The number of carbonyl (C=O) groups is 2. The van der Waals surface area contributed by atoms with Gasteiger partial charge in [-0.15, -0.1) is 0 Å². The average molecular weight is 323 g/mol. The van der Waals surface area contributed by atoms with Gasteiger partial charge in [0.1, 0.15) is 6.10 Å². The number of fused-ring (bicyclic) bond motifs is 1. The summed E-state index contributed by atoms with van der Waals surface area (Å²) in [6, 6.07) is 15.0. The van der Waals surface area contributed by atoms with E-state index >= 15 is 0 Å². The maximum atomic E-state index is 12.3. The molecule has 4 heteroatoms. The molecule has 3 rings (SSSR count). The minimum absolute atomic E-state index is 0.109. The van der Waals surface area contributed by atoms with Crippen molar-refractivity contribution in [1.29, 1.82) is 0 Å². The van der Waals surface area contributed by atoms with E-state index in [1.54, 1.807) is 12.1 Å². The second kappa shape index (κ2) is 6.87. The molecule has 1 heterocycles. The van der Waals surface area contributed by atoms with E-state index < -0.39 is 0 Å². The Morgan fingerprint density at radius 2 is 2.00 bits per heavy atom. The van der Waals surface area contributed by atoms with Gasteiger partial charge in [0.05, 0.1) is 5.56 Å². The highest BCUT2D eigenvalue weighted by Gasteiger charge is 2.28. The van der Waals surface area contributed by atoms with Crippen molar-refractivity contribution in [1.82, 2.24) is 5.32 Å². The minimum Gasteiger partial charge on any atom is -0.454 e. The van der Waals surface area contributed by atoms with Crippen molar-refractivity contribution in [3.05, 3.63) is 70.8 Å². The van der Waals surface area contributed by atoms with Crippen LogP contribution in [-0.4, -0.2) is 17.9 Å². The monoisotopic (exact) mass is 323 g/mol. The Kier molecular flexibility index (Phi) is 4.65. The number of cyclic esters (lactones) is 1. The largest absolute Gasteiger partial charge is 0.454 e. The first-order valence-electron chi connectivity index (χ1n) is 8.28. The summed E-state index contributed by atoms with van der Waals surface area (Å²) in [4.78, 5) is 24.6. The highest BCUT2D eigenvalue weighted by Crippen LogP contribution is 2.31. The van der Waals surface area contributed by atoms with Crippen LogP contribution in [0.2, 0.25) is 0 Å². The van der Waals surface area contributed by atoms with Gasteiger partial charge in [-0.1, -0.05) is 37.3 Å². The van der Waals surface area contributed by atoms with E-state index in [0.29, 0.717) is 17.5 Å². The van der Waals surface area contributed by atoms with Crippen molar-refractivity contribution >= 4 is 11.9 Å². The zero-order valence-electron chi connectivity index (χ0n) is 13.9. The molecule has 1 amide bonds. The molecule has 0 radical (unpaired) electrons. The Hall–Kier alpha value is -2.62. The van der Waals surface area contributed by atoms with Gasteiger partial charge in [-0.05, 0) is 42.7 Å². The molecule has 0 saturated carbocycles. The fourth-order valence-corrected chi connectivity index (χ4v) is 2.80. The molecule has 124 valence electrons. The number of amides is 1. The van der Waals surface area contributed by atoms with E-state index in [4.69, 9.17) is 4.74 Å². The summed E-state index contributed by atoms with van der Waals surface area (Å²) < 4.78 is 5.54. The predicted molar refractivity (Wildman–Crippen MR) is 92.0 cm³/mol. The molecule has 1 aliphatic heterocycles. The Morgan fingerprint density at radius 3 is 2.71 bits per heavy atom. The topological polar surface area (TPSA) is 55.4 Å². The molecule has 2 atom stereocenters. The lowest BCUT2D eigenvalue weighted by molar-refractivity contribution is 0.0252. The van der Waals surface area contributed by atoms with Crippen molar-refractivity contribution in [2.45, 2.75) is 38.8 Å². The Morgan fingerprint density at radius 1 is 1.25 bits per heavy atom. The Bertz CT molecular complexity index is 755. The molecule has 2 unspecified atom stereocenters. The summed E-state index contributed by atoms with van der Waals surface area (Å²) >= 11 is 0. The number of rotatable bonds is 4. The molecular formula is C20H21NO3. The van der Waals surface area contributed by atoms with Crippen LogP contribution in [0.25, 0.3) is 0 Å². The third-order valence-corrected chi connectivity index (χ3v) is 4.40. The Balaban J connectivity index is 1.86. The average Bonchev–Trinajstić information content (AvgIpc) is 2.61. The molecular weight excluding hydrogens is 302 g/mol. The van der Waals surface area contributed by atoms with Gasteiger partial charge in [0.2, 0.25) is 0 Å². The number of carbonyl (C=O) groups excluding carboxylic acids is 2. The second-order valence-electron chi connectivity index (χ2n) is 6.16. The van der Waals surface area contributed by atoms with E-state index in [1.807, 2.05) is 50.2 Å². The summed E-state index contributed by atoms with van der Waals surface area (Å²) in [7, 11) is 0. The maximum Gasteiger partial charge on any atom is 0.339 e. The molecule has 0 aliphatic carbocycles. The fraction of sp³-hybridized carbons (Fsp3) is 0.300. The van der Waals surface area contributed by atoms with Gasteiger partial charge in [-0.3, -0.25) is 4.79 Å². The molecule has 0 aromatic heterocycles. The molecule has 1 aliphatic rings. The number of nitrogens with one attached hydrogen (secondary N) is 1. The van der Waals surface area contributed by atoms with Crippen LogP contribution in [0.1, 0.15) is 58.2 Å². The molecule has 0 spiro atoms. The van der Waals surface area contributed by atoms with Crippen LogP contribution in [0, 0.1) is 0 Å². The number of benzene rings is 2. The van der Waals surface area contributed by atoms with Crippen molar-refractivity contribution < 1.29 is 14.3 Å². The number of ether oxygens (including phenoxy) is 1. The summed E-state index contributed by atoms with van der Waals surface area (Å²) in [6.07, 6.45) is 1.15. The lowest BCUT2D eigenvalue weighted by Gasteiger charge is -2.25. The van der Waals surface area contributed by atoms with Crippen molar-refractivity contribution in [2.75, 3.05) is 0 Å². The van der Waals surface area contributed by atoms with Crippen molar-refractivity contribution in [3.63, 3.8) is 0 Å². The molecule has 0 bridgehead atoms. The first kappa shape index (κ1) is 16.2. The summed E-state index contributed by atoms with van der Waals surface area (Å²) in [6.45, 7) is 4.00. The SMILES string of the molecule is CCC(C)NC(=O)c1ccc2c(c1)CC(c1ccccc1)OC2=O. The van der Waals surface area contributed by atoms with Crippen molar-refractivity contribution in [2.24, 2.45) is 0 Å². The van der Waals surface area contributed by atoms with Crippen LogP contribution in [0.5, 0.6) is 0 Å². The maximum absolute atomic E-state index is 12.3. The van der Waals surface area contributed by atoms with E-state index in [-0.39, 0.29) is 24.0 Å². The van der Waals surface area contributed by atoms with Crippen molar-refractivity contribution in [3.8, 4) is 0 Å². The normalized spacial score (nSPS) is 17.6. The molecule has 2 aromatic carbocycles. The van der Waals surface area contributed by atoms with E-state index in [2.05, 4.69) is 5.32 Å². The van der Waals surface area contributed by atoms with Crippen LogP contribution in [0.3, 0.4) is 0 Å². The Labute approximate surface area is 141 Å². The number of hydrogen-bond acceptors (Lipinski definition) is 3. The highest BCUT2D eigenvalue weighted by atomic mass is 16.5. The highest BCUT2D eigenvalue weighted by molar-refractivity contribution is 5.97. The van der Waals surface area contributed by atoms with E-state index in [9.17, 15) is 9.59 Å². The van der Waals surface area contributed by atoms with Crippen LogP contribution >= 0.6 is 0 Å². The third-order valence-electron chi connectivity index (χ3n) is 4.40. The van der Waals surface area contributed by atoms with Crippen LogP contribution in [0.4, 0.5) is 0 Å². The molecule has 4 nitrogen and oxygen atoms in total. The molecule has 2 aromatic rings. The number of esters is 1. The summed E-state index contributed by atoms with van der Waals surface area (Å²) in [5, 5.41) is 2.95. The second-order valence-corrected chi connectivity index (χ2v) is 6.16. The van der Waals surface area contributed by atoms with Gasteiger partial charge in [0.25, 0.3) is 5.91 Å². The fourth-order valence-electron chi connectivity index (χ4n) is 2.80. The number of hydrogen-bond donors (Lipinski definition) is 1. The van der Waals surface area contributed by atoms with Gasteiger partial charge in [0, 0.05) is 18.0 Å². The molecule has 24 heavy (non-hydrogen) atoms. The van der Waals surface area contributed by atoms with Crippen LogP contribution in [-0.2, 0) is 11.2 Å². The lowest BCUT2D eigenvalue weighted by atomic mass is 9.93. The first-order chi connectivity index (χ1) is 11.6. The molecule has 1 N–H and O–H groups in total. The van der Waals surface area contributed by atoms with Gasteiger partial charge in [-0.2, -0.15) is 0 Å². The lowest BCUT2D eigenvalue weighted by Crippen LogP contribution is -2.32. The minimum atomic E-state index is -0.334. The standard InChI is InChI=1S/C20H21NO3/c1-3-13(2)21-19(22)15-9-10-17-16(11-15)12-18(24-20(17)23)14-7-5-4-6-8-14/h4-11,13,18H,3,12H2,1-2H3,(H,21,22). The summed E-state index contributed by atoms with van der Waals surface area (Å²) in [5.41, 5.74) is 2.95. The quantitative estimate of drug-likeness (QED) is 0.874. The molecule has 0 saturated heterocycles. The van der Waals surface area contributed by atoms with Gasteiger partial charge in [0.15, 0.2) is 0 Å². The molecule has 0 fully saturated rings. The van der Waals surface area contributed by atoms with Gasteiger partial charge >= 0.3 is 5.97 Å². The van der Waals surface area contributed by atoms with E-state index in [1.165, 1.54) is 0 Å². The predicted octanol–water partition coefficient (Wildman–Crippen LogP) is 3.67. The van der Waals surface area contributed by atoms with Crippen LogP contribution < -0.4 is 5.32 Å². The zero-order valence-corrected chi connectivity index (χ0v) is 13.9.